The molecule has 0 aliphatic heterocycles. The van der Waals surface area contributed by atoms with Gasteiger partial charge in [-0.2, -0.15) is 0 Å². The average Bonchev–Trinajstić information content (AvgIpc) is 2.47. The molecule has 0 rings (SSSR count). The number of phosphoric ester groups is 2. The SMILES string of the molecule is C=C(C)C(=O)OCCOP(=O)([O-])OCC[N+](C)(C)C.C[N+](C)(C)CCOP(=O)([O-])O. The van der Waals surface area contributed by atoms with Gasteiger partial charge >= 0.3 is 5.97 Å². The Kier molecular flexibility index (Phi) is 14.4. The minimum atomic E-state index is -4.51. The Morgan fingerprint density at radius 2 is 1.27 bits per heavy atom. The number of phosphoric acid groups is 2. The predicted octanol–water partition coefficient (Wildman–Crippen LogP) is -0.517. The molecule has 0 amide bonds. The Labute approximate surface area is 179 Å². The highest BCUT2D eigenvalue weighted by atomic mass is 31.2. The molecule has 12 nitrogen and oxygen atoms in total. The number of carbonyl (C=O) groups is 1. The van der Waals surface area contributed by atoms with Gasteiger partial charge in [0.1, 0.15) is 32.9 Å². The van der Waals surface area contributed by atoms with Gasteiger partial charge in [0.15, 0.2) is 0 Å². The number of nitrogens with zero attached hydrogens (tertiary/aromatic N) is 2. The smallest absolute Gasteiger partial charge is 0.333 e. The Bertz CT molecular complexity index is 622. The van der Waals surface area contributed by atoms with Crippen LogP contribution in [-0.4, -0.2) is 102 Å². The second kappa shape index (κ2) is 13.7. The second-order valence-corrected chi connectivity index (χ2v) is 11.0. The minimum Gasteiger partial charge on any atom is -0.756 e. The summed E-state index contributed by atoms with van der Waals surface area (Å²) in [4.78, 5) is 40.6. The first-order valence-electron chi connectivity index (χ1n) is 8.96. The van der Waals surface area contributed by atoms with Crippen LogP contribution in [0.15, 0.2) is 12.2 Å². The van der Waals surface area contributed by atoms with Gasteiger partial charge in [0, 0.05) is 5.57 Å². The third-order valence-corrected chi connectivity index (χ3v) is 4.45. The van der Waals surface area contributed by atoms with Crippen LogP contribution in [0.4, 0.5) is 0 Å². The van der Waals surface area contributed by atoms with Gasteiger partial charge in [-0.1, -0.05) is 6.58 Å². The fourth-order valence-electron chi connectivity index (χ4n) is 1.30. The van der Waals surface area contributed by atoms with E-state index in [1.807, 2.05) is 42.3 Å². The van der Waals surface area contributed by atoms with Crippen molar-refractivity contribution >= 4 is 21.6 Å². The Morgan fingerprint density at radius 3 is 1.63 bits per heavy atom. The van der Waals surface area contributed by atoms with Gasteiger partial charge in [-0.15, -0.1) is 0 Å². The Balaban J connectivity index is 0. The molecule has 0 aromatic rings. The molecule has 0 aliphatic carbocycles. The van der Waals surface area contributed by atoms with Gasteiger partial charge < -0.3 is 42.0 Å². The molecule has 0 aromatic heterocycles. The zero-order valence-corrected chi connectivity index (χ0v) is 20.6. The number of carbonyl (C=O) groups excluding carboxylic acids is 1. The normalized spacial score (nSPS) is 15.9. The molecule has 2 unspecified atom stereocenters. The van der Waals surface area contributed by atoms with Gasteiger partial charge in [0.05, 0.1) is 48.9 Å². The molecule has 180 valence electrons. The number of hydrogen-bond acceptors (Lipinski definition) is 9. The lowest BCUT2D eigenvalue weighted by Crippen LogP contribution is -2.37. The van der Waals surface area contributed by atoms with Crippen molar-refractivity contribution in [1.82, 2.24) is 0 Å². The van der Waals surface area contributed by atoms with E-state index in [1.165, 1.54) is 6.92 Å². The summed E-state index contributed by atoms with van der Waals surface area (Å²) >= 11 is 0. The molecular weight excluding hydrogens is 442 g/mol. The highest BCUT2D eigenvalue weighted by Gasteiger charge is 2.13. The summed E-state index contributed by atoms with van der Waals surface area (Å²) in [7, 11) is 2.59. The summed E-state index contributed by atoms with van der Waals surface area (Å²) in [6.45, 7) is 5.55. The molecule has 0 aromatic carbocycles. The highest BCUT2D eigenvalue weighted by molar-refractivity contribution is 7.45. The van der Waals surface area contributed by atoms with Crippen LogP contribution in [0.1, 0.15) is 6.92 Å². The molecule has 30 heavy (non-hydrogen) atoms. The van der Waals surface area contributed by atoms with Crippen LogP contribution in [0, 0.1) is 0 Å². The van der Waals surface area contributed by atoms with Crippen LogP contribution >= 0.6 is 15.6 Å². The molecule has 0 saturated carbocycles. The van der Waals surface area contributed by atoms with Gasteiger partial charge in [-0.25, -0.2) is 4.79 Å². The van der Waals surface area contributed by atoms with Crippen molar-refractivity contribution in [3.63, 3.8) is 0 Å². The van der Waals surface area contributed by atoms with Crippen LogP contribution in [0.3, 0.4) is 0 Å². The highest BCUT2D eigenvalue weighted by Crippen LogP contribution is 2.37. The first-order chi connectivity index (χ1) is 13.2. The van der Waals surface area contributed by atoms with Crippen LogP contribution in [0.25, 0.3) is 0 Å². The van der Waals surface area contributed by atoms with Crippen LogP contribution in [0.5, 0.6) is 0 Å². The van der Waals surface area contributed by atoms with E-state index in [0.717, 1.165) is 0 Å². The molecule has 0 heterocycles. The van der Waals surface area contributed by atoms with E-state index in [2.05, 4.69) is 24.9 Å². The number of likely N-dealkylation sites (N-methyl/N-ethyl adjacent to an activating group) is 2. The van der Waals surface area contributed by atoms with Gasteiger partial charge in [-0.05, 0) is 6.92 Å². The molecule has 14 heteroatoms. The maximum Gasteiger partial charge on any atom is 0.333 e. The van der Waals surface area contributed by atoms with Crippen molar-refractivity contribution in [3.8, 4) is 0 Å². The lowest BCUT2D eigenvalue weighted by atomic mass is 10.4. The van der Waals surface area contributed by atoms with Crippen molar-refractivity contribution in [2.45, 2.75) is 6.92 Å². The molecule has 0 bridgehead atoms. The topological polar surface area (TPSA) is 154 Å². The number of quaternary nitrogens is 2. The largest absolute Gasteiger partial charge is 0.756 e. The fraction of sp³-hybridized carbons (Fsp3) is 0.812. The molecular formula is C16H36N2O10P2. The summed E-state index contributed by atoms with van der Waals surface area (Å²) in [5.74, 6) is -0.588. The first kappa shape index (κ1) is 31.5. The summed E-state index contributed by atoms with van der Waals surface area (Å²) in [5.41, 5.74) is 0.240. The van der Waals surface area contributed by atoms with Crippen molar-refractivity contribution in [1.29, 1.82) is 0 Å². The summed E-state index contributed by atoms with van der Waals surface area (Å²) in [5, 5.41) is 0. The van der Waals surface area contributed by atoms with E-state index in [1.54, 1.807) is 0 Å². The van der Waals surface area contributed by atoms with Crippen molar-refractivity contribution < 1.29 is 55.9 Å². The van der Waals surface area contributed by atoms with E-state index in [4.69, 9.17) is 4.89 Å². The van der Waals surface area contributed by atoms with Crippen LogP contribution < -0.4 is 9.79 Å². The molecule has 0 radical (unpaired) electrons. The standard InChI is InChI=1S/C11H22NO6P.C5H14NO4P/c1-10(2)11(13)16-8-9-18-19(14,15)17-7-6-12(3,4)5;1-6(2,3)4-5-10-11(7,8)9/h1,6-9H2,2-5H3;4-5H2,1-3H3,(H-,7,8,9). The number of esters is 1. The number of ether oxygens (including phenoxy) is 1. The molecule has 0 fully saturated rings. The summed E-state index contributed by atoms with van der Waals surface area (Å²) in [6, 6.07) is 0. The third-order valence-electron chi connectivity index (χ3n) is 2.94. The van der Waals surface area contributed by atoms with Crippen LogP contribution in [0.2, 0.25) is 0 Å². The van der Waals surface area contributed by atoms with E-state index in [9.17, 15) is 23.7 Å². The lowest BCUT2D eigenvalue weighted by molar-refractivity contribution is -0.870. The van der Waals surface area contributed by atoms with Gasteiger partial charge in [0.25, 0.3) is 15.6 Å². The maximum absolute atomic E-state index is 11.3. The van der Waals surface area contributed by atoms with Gasteiger partial charge in [-0.3, -0.25) is 9.13 Å². The zero-order valence-electron chi connectivity index (χ0n) is 18.9. The predicted molar refractivity (Wildman–Crippen MR) is 107 cm³/mol. The molecule has 0 saturated heterocycles. The van der Waals surface area contributed by atoms with Crippen molar-refractivity contribution in [2.75, 3.05) is 81.8 Å². The minimum absolute atomic E-state index is 0.0147. The van der Waals surface area contributed by atoms with Crippen LogP contribution in [-0.2, 0) is 32.2 Å². The second-order valence-electron chi connectivity index (χ2n) is 8.36. The fourth-order valence-corrected chi connectivity index (χ4v) is 2.29. The molecule has 2 atom stereocenters. The summed E-state index contributed by atoms with van der Waals surface area (Å²) < 4.78 is 40.6. The number of hydrogen-bond donors (Lipinski definition) is 1. The quantitative estimate of drug-likeness (QED) is 0.120. The van der Waals surface area contributed by atoms with E-state index >= 15 is 0 Å². The maximum atomic E-state index is 11.3. The average molecular weight is 478 g/mol. The van der Waals surface area contributed by atoms with Gasteiger partial charge in [0.2, 0.25) is 0 Å². The Morgan fingerprint density at radius 1 is 0.867 bits per heavy atom. The monoisotopic (exact) mass is 478 g/mol. The van der Waals surface area contributed by atoms with E-state index < -0.39 is 21.6 Å². The third kappa shape index (κ3) is 25.4. The van der Waals surface area contributed by atoms with E-state index in [0.29, 0.717) is 22.1 Å². The van der Waals surface area contributed by atoms with Crippen molar-refractivity contribution in [2.24, 2.45) is 0 Å². The number of rotatable bonds is 13. The molecule has 0 spiro atoms. The first-order valence-corrected chi connectivity index (χ1v) is 11.9. The molecule has 1 N–H and O–H groups in total. The van der Waals surface area contributed by atoms with Crippen molar-refractivity contribution in [3.05, 3.63) is 12.2 Å². The van der Waals surface area contributed by atoms with E-state index in [-0.39, 0.29) is 32.0 Å². The lowest BCUT2D eigenvalue weighted by Gasteiger charge is -2.27. The summed E-state index contributed by atoms with van der Waals surface area (Å²) in [6.07, 6.45) is 0. The zero-order chi connectivity index (χ0) is 24.2. The Hall–Kier alpha value is -0.650. The molecule has 0 aliphatic rings.